The van der Waals surface area contributed by atoms with Gasteiger partial charge in [0.15, 0.2) is 0 Å². The molecule has 0 aliphatic heterocycles. The highest BCUT2D eigenvalue weighted by molar-refractivity contribution is 5.19. The van der Waals surface area contributed by atoms with E-state index >= 15 is 0 Å². The van der Waals surface area contributed by atoms with Crippen molar-refractivity contribution in [1.29, 1.82) is 0 Å². The van der Waals surface area contributed by atoms with E-state index in [-0.39, 0.29) is 6.07 Å². The van der Waals surface area contributed by atoms with Crippen LogP contribution >= 0.6 is 0 Å². The van der Waals surface area contributed by atoms with Gasteiger partial charge in [-0.15, -0.1) is 0 Å². The van der Waals surface area contributed by atoms with Gasteiger partial charge in [0.2, 0.25) is 0 Å². The van der Waals surface area contributed by atoms with E-state index < -0.39 is 41.5 Å². The Hall–Kier alpha value is -1.76. The van der Waals surface area contributed by atoms with Crippen LogP contribution in [0.2, 0.25) is 0 Å². The lowest BCUT2D eigenvalue weighted by atomic mass is 9.92. The average Bonchev–Trinajstić information content (AvgIpc) is 2.46. The minimum atomic E-state index is -7.90. The fraction of sp³-hybridized carbons (Fsp3) is 0.545. The van der Waals surface area contributed by atoms with Crippen LogP contribution in [0, 0.1) is 0 Å². The third-order valence-electron chi connectivity index (χ3n) is 2.92. The zero-order chi connectivity index (χ0) is 20.1. The predicted octanol–water partition coefficient (Wildman–Crippen LogP) is 5.28. The Bertz CT molecular complexity index is 604. The Balaban J connectivity index is 3.54. The number of aromatic nitrogens is 1. The second-order valence-electron chi connectivity index (χ2n) is 4.58. The van der Waals surface area contributed by atoms with E-state index in [0.717, 1.165) is 6.07 Å². The molecule has 0 radical (unpaired) electrons. The van der Waals surface area contributed by atoms with Crippen LogP contribution < -0.4 is 0 Å². The van der Waals surface area contributed by atoms with Gasteiger partial charge in [0.1, 0.15) is 5.69 Å². The second kappa shape index (κ2) is 5.62. The molecule has 25 heavy (non-hydrogen) atoms. The second-order valence-corrected chi connectivity index (χ2v) is 4.58. The molecular weight excluding hydrogens is 393 g/mol. The van der Waals surface area contributed by atoms with Crippen molar-refractivity contribution < 1.29 is 57.1 Å². The van der Waals surface area contributed by atoms with Gasteiger partial charge in [-0.05, 0) is 12.1 Å². The van der Waals surface area contributed by atoms with Crippen LogP contribution in [0.25, 0.3) is 0 Å². The molecule has 1 rings (SSSR count). The molecule has 1 nitrogen and oxygen atoms in total. The molecule has 0 aromatic carbocycles. The van der Waals surface area contributed by atoms with Crippen LogP contribution in [0.1, 0.15) is 5.69 Å². The van der Waals surface area contributed by atoms with Gasteiger partial charge in [0, 0.05) is 6.20 Å². The third-order valence-corrected chi connectivity index (χ3v) is 2.92. The monoisotopic (exact) mass is 397 g/mol. The van der Waals surface area contributed by atoms with Gasteiger partial charge >= 0.3 is 35.8 Å². The van der Waals surface area contributed by atoms with Crippen LogP contribution in [0.3, 0.4) is 0 Å². The molecule has 1 heterocycles. The first-order chi connectivity index (χ1) is 10.9. The predicted molar refractivity (Wildman–Crippen MR) is 54.0 cm³/mol. The number of rotatable bonds is 5. The smallest absolute Gasteiger partial charge is 0.255 e. The molecule has 0 saturated carbocycles. The molecule has 0 unspecified atom stereocenters. The maximum absolute atomic E-state index is 13.5. The first kappa shape index (κ1) is 21.3. The van der Waals surface area contributed by atoms with E-state index in [9.17, 15) is 57.1 Å². The van der Waals surface area contributed by atoms with E-state index in [1.807, 2.05) is 0 Å². The van der Waals surface area contributed by atoms with Gasteiger partial charge in [-0.25, -0.2) is 0 Å². The van der Waals surface area contributed by atoms with Crippen molar-refractivity contribution in [3.8, 4) is 0 Å². The van der Waals surface area contributed by atoms with Crippen LogP contribution in [-0.2, 0) is 5.92 Å². The highest BCUT2D eigenvalue weighted by Gasteiger charge is 2.91. The number of halogens is 13. The molecule has 14 heteroatoms. The molecule has 0 fully saturated rings. The zero-order valence-electron chi connectivity index (χ0n) is 11.2. The van der Waals surface area contributed by atoms with Crippen molar-refractivity contribution in [1.82, 2.24) is 4.98 Å². The number of hydrogen-bond donors (Lipinski definition) is 0. The van der Waals surface area contributed by atoms with Gasteiger partial charge in [-0.1, -0.05) is 6.07 Å². The number of alkyl halides is 13. The molecule has 0 atom stereocenters. The lowest BCUT2D eigenvalue weighted by Gasteiger charge is -2.39. The molecule has 0 spiro atoms. The minimum Gasteiger partial charge on any atom is -0.255 e. The van der Waals surface area contributed by atoms with Gasteiger partial charge < -0.3 is 0 Å². The van der Waals surface area contributed by atoms with Gasteiger partial charge in [-0.2, -0.15) is 57.1 Å². The fourth-order valence-electron chi connectivity index (χ4n) is 1.48. The fourth-order valence-corrected chi connectivity index (χ4v) is 1.48. The molecule has 0 N–H and O–H groups in total. The summed E-state index contributed by atoms with van der Waals surface area (Å²) in [5, 5.41) is 0. The topological polar surface area (TPSA) is 12.9 Å². The molecule has 1 aromatic heterocycles. The molecule has 1 aromatic rings. The van der Waals surface area contributed by atoms with Crippen LogP contribution in [0.4, 0.5) is 57.1 Å². The summed E-state index contributed by atoms with van der Waals surface area (Å²) in [7, 11) is 0. The Morgan fingerprint density at radius 3 is 1.36 bits per heavy atom. The molecule has 0 saturated heterocycles. The van der Waals surface area contributed by atoms with Crippen molar-refractivity contribution in [3.05, 3.63) is 30.1 Å². The van der Waals surface area contributed by atoms with Crippen LogP contribution in [0.15, 0.2) is 24.4 Å². The molecule has 0 aliphatic carbocycles. The summed E-state index contributed by atoms with van der Waals surface area (Å²) in [6.07, 6.45) is -7.07. The van der Waals surface area contributed by atoms with Crippen molar-refractivity contribution in [2.75, 3.05) is 0 Å². The van der Waals surface area contributed by atoms with E-state index in [1.54, 1.807) is 0 Å². The summed E-state index contributed by atoms with van der Waals surface area (Å²) < 4.78 is 167. The molecular formula is C11H4F13N. The zero-order valence-corrected chi connectivity index (χ0v) is 11.2. The normalized spacial score (nSPS) is 15.4. The first-order valence-electron chi connectivity index (χ1n) is 5.73. The van der Waals surface area contributed by atoms with Gasteiger partial charge in [0.25, 0.3) is 0 Å². The van der Waals surface area contributed by atoms with Crippen molar-refractivity contribution in [2.45, 2.75) is 35.8 Å². The lowest BCUT2D eigenvalue weighted by molar-refractivity contribution is -0.442. The van der Waals surface area contributed by atoms with E-state index in [0.29, 0.717) is 12.3 Å². The van der Waals surface area contributed by atoms with E-state index in [2.05, 4.69) is 4.98 Å². The Kier molecular flexibility index (Phi) is 4.79. The Labute approximate surface area is 129 Å². The average molecular weight is 397 g/mol. The summed E-state index contributed by atoms with van der Waals surface area (Å²) in [5.41, 5.74) is -2.24. The minimum absolute atomic E-state index is 0.0377. The highest BCUT2D eigenvalue weighted by Crippen LogP contribution is 2.61. The quantitative estimate of drug-likeness (QED) is 0.617. The maximum Gasteiger partial charge on any atom is 0.460 e. The summed E-state index contributed by atoms with van der Waals surface area (Å²) in [5.74, 6) is -37.1. The lowest BCUT2D eigenvalue weighted by Crippen LogP contribution is -2.69. The number of hydrogen-bond acceptors (Lipinski definition) is 1. The van der Waals surface area contributed by atoms with Crippen molar-refractivity contribution in [3.63, 3.8) is 0 Å². The van der Waals surface area contributed by atoms with Crippen molar-refractivity contribution in [2.24, 2.45) is 0 Å². The summed E-state index contributed by atoms with van der Waals surface area (Å²) in [4.78, 5) is 2.51. The molecule has 0 amide bonds. The highest BCUT2D eigenvalue weighted by atomic mass is 19.4. The third kappa shape index (κ3) is 2.78. The standard InChI is InChI=1S/C11H4F13N/c12-6(13,5-3-1-2-4-25-5)7(14,15)8(16,17)9(18,19)10(20,21)11(22,23)24/h1-4H. The van der Waals surface area contributed by atoms with E-state index in [1.165, 1.54) is 0 Å². The largest absolute Gasteiger partial charge is 0.460 e. The van der Waals surface area contributed by atoms with Crippen molar-refractivity contribution >= 4 is 0 Å². The van der Waals surface area contributed by atoms with Crippen LogP contribution in [-0.4, -0.2) is 34.9 Å². The van der Waals surface area contributed by atoms with Gasteiger partial charge in [0.05, 0.1) is 0 Å². The molecule has 144 valence electrons. The summed E-state index contributed by atoms with van der Waals surface area (Å²) >= 11 is 0. The Morgan fingerprint density at radius 1 is 0.560 bits per heavy atom. The Morgan fingerprint density at radius 2 is 1.00 bits per heavy atom. The molecule has 0 bridgehead atoms. The number of pyridine rings is 1. The number of nitrogens with zero attached hydrogens (tertiary/aromatic N) is 1. The van der Waals surface area contributed by atoms with Gasteiger partial charge in [-0.3, -0.25) is 4.98 Å². The first-order valence-corrected chi connectivity index (χ1v) is 5.73. The SMILES string of the molecule is FC(F)(F)C(F)(F)C(F)(F)C(F)(F)C(F)(F)C(F)(F)c1ccccn1. The summed E-state index contributed by atoms with van der Waals surface area (Å²) in [6, 6.07) is 1.32. The molecule has 0 aliphatic rings. The van der Waals surface area contributed by atoms with Crippen LogP contribution in [0.5, 0.6) is 0 Å². The van der Waals surface area contributed by atoms with E-state index in [4.69, 9.17) is 0 Å². The maximum atomic E-state index is 13.5. The summed E-state index contributed by atoms with van der Waals surface area (Å²) in [6.45, 7) is 0.